The summed E-state index contributed by atoms with van der Waals surface area (Å²) in [5.74, 6) is -1.55. The third-order valence-corrected chi connectivity index (χ3v) is 3.25. The Hall–Kier alpha value is -0.690. The molecule has 1 saturated carbocycles. The van der Waals surface area contributed by atoms with E-state index in [2.05, 4.69) is 4.74 Å². The van der Waals surface area contributed by atoms with E-state index in [1.807, 2.05) is 0 Å². The Morgan fingerprint density at radius 3 is 2.59 bits per heavy atom. The van der Waals surface area contributed by atoms with Gasteiger partial charge in [0.25, 0.3) is 0 Å². The Balaban J connectivity index is 2.18. The molecule has 2 aliphatic rings. The van der Waals surface area contributed by atoms with Crippen molar-refractivity contribution in [1.82, 2.24) is 0 Å². The molecule has 4 atom stereocenters. The van der Waals surface area contributed by atoms with Crippen LogP contribution in [-0.2, 0) is 19.0 Å². The normalized spacial score (nSPS) is 44.2. The van der Waals surface area contributed by atoms with Crippen molar-refractivity contribution in [2.24, 2.45) is 0 Å². The molecule has 0 bridgehead atoms. The summed E-state index contributed by atoms with van der Waals surface area (Å²) in [5.41, 5.74) is -1.70. The summed E-state index contributed by atoms with van der Waals surface area (Å²) in [6.07, 6.45) is -1.97. The van der Waals surface area contributed by atoms with Gasteiger partial charge in [-0.2, -0.15) is 0 Å². The molecule has 0 spiro atoms. The summed E-state index contributed by atoms with van der Waals surface area (Å²) in [6.45, 7) is 3.46. The molecule has 0 unspecified atom stereocenters. The first kappa shape index (κ1) is 12.8. The second-order valence-electron chi connectivity index (χ2n) is 5.14. The van der Waals surface area contributed by atoms with Crippen LogP contribution in [0.15, 0.2) is 0 Å². The fourth-order valence-corrected chi connectivity index (χ4v) is 2.58. The molecule has 6 heteroatoms. The van der Waals surface area contributed by atoms with Crippen LogP contribution in [-0.4, -0.2) is 53.0 Å². The van der Waals surface area contributed by atoms with Gasteiger partial charge in [0.1, 0.15) is 6.10 Å². The second-order valence-corrected chi connectivity index (χ2v) is 5.14. The topological polar surface area (TPSA) is 85.2 Å². The summed E-state index contributed by atoms with van der Waals surface area (Å²) in [5, 5.41) is 20.1. The molecule has 6 nitrogen and oxygen atoms in total. The van der Waals surface area contributed by atoms with Gasteiger partial charge in [0.2, 0.25) is 0 Å². The fraction of sp³-hybridized carbons (Fsp3) is 0.909. The molecule has 0 aromatic carbocycles. The first-order chi connectivity index (χ1) is 7.77. The predicted molar refractivity (Wildman–Crippen MR) is 56.0 cm³/mol. The Kier molecular flexibility index (Phi) is 2.94. The number of hydrogen-bond donors (Lipinski definition) is 2. The SMILES string of the molecule is COC(=O)[C@@]1(O)C[C@@H](O)[C@@H]2OC(C)(C)O[C@@H]2C1. The predicted octanol–water partition coefficient (Wildman–Crippen LogP) is -0.435. The molecule has 98 valence electrons. The molecule has 0 aromatic rings. The van der Waals surface area contributed by atoms with E-state index in [4.69, 9.17) is 9.47 Å². The minimum Gasteiger partial charge on any atom is -0.467 e. The number of esters is 1. The average Bonchev–Trinajstić information content (AvgIpc) is 2.51. The van der Waals surface area contributed by atoms with Crippen molar-refractivity contribution in [1.29, 1.82) is 0 Å². The van der Waals surface area contributed by atoms with E-state index in [9.17, 15) is 15.0 Å². The first-order valence-electron chi connectivity index (χ1n) is 5.62. The van der Waals surface area contributed by atoms with E-state index in [1.165, 1.54) is 7.11 Å². The zero-order chi connectivity index (χ0) is 12.8. The van der Waals surface area contributed by atoms with Gasteiger partial charge >= 0.3 is 5.97 Å². The number of hydrogen-bond acceptors (Lipinski definition) is 6. The number of aliphatic hydroxyl groups is 2. The van der Waals surface area contributed by atoms with E-state index in [0.29, 0.717) is 0 Å². The minimum atomic E-state index is -1.70. The maximum absolute atomic E-state index is 11.5. The Bertz CT molecular complexity index is 328. The number of carbonyl (C=O) groups excluding carboxylic acids is 1. The molecule has 2 fully saturated rings. The van der Waals surface area contributed by atoms with Gasteiger partial charge in [-0.05, 0) is 13.8 Å². The van der Waals surface area contributed by atoms with Gasteiger partial charge in [0.05, 0.1) is 19.3 Å². The Morgan fingerprint density at radius 1 is 1.35 bits per heavy atom. The summed E-state index contributed by atoms with van der Waals surface area (Å²) >= 11 is 0. The largest absolute Gasteiger partial charge is 0.467 e. The Morgan fingerprint density at radius 2 is 2.00 bits per heavy atom. The minimum absolute atomic E-state index is 0.0742. The highest BCUT2D eigenvalue weighted by molar-refractivity contribution is 5.79. The van der Waals surface area contributed by atoms with Gasteiger partial charge < -0.3 is 24.4 Å². The molecule has 1 aliphatic heterocycles. The van der Waals surface area contributed by atoms with Gasteiger partial charge in [-0.15, -0.1) is 0 Å². The van der Waals surface area contributed by atoms with Crippen molar-refractivity contribution in [2.75, 3.05) is 7.11 Å². The third-order valence-electron chi connectivity index (χ3n) is 3.25. The number of aliphatic hydroxyl groups excluding tert-OH is 1. The smallest absolute Gasteiger partial charge is 0.338 e. The van der Waals surface area contributed by atoms with Crippen LogP contribution >= 0.6 is 0 Å². The maximum atomic E-state index is 11.5. The molecule has 0 amide bonds. The zero-order valence-corrected chi connectivity index (χ0v) is 10.2. The molecule has 1 heterocycles. The molecule has 0 aromatic heterocycles. The van der Waals surface area contributed by atoms with Gasteiger partial charge in [0, 0.05) is 12.8 Å². The van der Waals surface area contributed by atoms with Gasteiger partial charge in [-0.25, -0.2) is 4.79 Å². The summed E-state index contributed by atoms with van der Waals surface area (Å²) in [6, 6.07) is 0. The highest BCUT2D eigenvalue weighted by Crippen LogP contribution is 2.41. The third kappa shape index (κ3) is 2.18. The van der Waals surface area contributed by atoms with Crippen LogP contribution in [0.1, 0.15) is 26.7 Å². The highest BCUT2D eigenvalue weighted by Gasteiger charge is 2.56. The van der Waals surface area contributed by atoms with Crippen molar-refractivity contribution in [3.63, 3.8) is 0 Å². The van der Waals surface area contributed by atoms with Crippen molar-refractivity contribution in [3.05, 3.63) is 0 Å². The molecule has 1 saturated heterocycles. The second kappa shape index (κ2) is 3.91. The quantitative estimate of drug-likeness (QED) is 0.610. The number of fused-ring (bicyclic) bond motifs is 1. The lowest BCUT2D eigenvalue weighted by molar-refractivity contribution is -0.179. The summed E-state index contributed by atoms with van der Waals surface area (Å²) in [7, 11) is 1.20. The maximum Gasteiger partial charge on any atom is 0.338 e. The molecule has 17 heavy (non-hydrogen) atoms. The zero-order valence-electron chi connectivity index (χ0n) is 10.2. The van der Waals surface area contributed by atoms with Gasteiger partial charge in [-0.3, -0.25) is 0 Å². The van der Waals surface area contributed by atoms with Crippen molar-refractivity contribution in [3.8, 4) is 0 Å². The van der Waals surface area contributed by atoms with Gasteiger partial charge in [0.15, 0.2) is 11.4 Å². The molecule has 2 rings (SSSR count). The number of carbonyl (C=O) groups is 1. The number of methoxy groups -OCH3 is 1. The van der Waals surface area contributed by atoms with Crippen LogP contribution < -0.4 is 0 Å². The van der Waals surface area contributed by atoms with Crippen LogP contribution in [0.2, 0.25) is 0 Å². The Labute approximate surface area is 99.5 Å². The van der Waals surface area contributed by atoms with E-state index in [1.54, 1.807) is 13.8 Å². The van der Waals surface area contributed by atoms with Crippen LogP contribution in [0.3, 0.4) is 0 Å². The molecular weight excluding hydrogens is 228 g/mol. The van der Waals surface area contributed by atoms with E-state index in [-0.39, 0.29) is 12.8 Å². The fourth-order valence-electron chi connectivity index (χ4n) is 2.58. The van der Waals surface area contributed by atoms with Crippen LogP contribution in [0.25, 0.3) is 0 Å². The molecule has 0 radical (unpaired) electrons. The average molecular weight is 246 g/mol. The molecule has 2 N–H and O–H groups in total. The lowest BCUT2D eigenvalue weighted by Crippen LogP contribution is -2.55. The van der Waals surface area contributed by atoms with Crippen molar-refractivity contribution < 1.29 is 29.2 Å². The number of rotatable bonds is 1. The summed E-state index contributed by atoms with van der Waals surface area (Å²) in [4.78, 5) is 11.5. The number of ether oxygens (including phenoxy) is 3. The lowest BCUT2D eigenvalue weighted by Gasteiger charge is -2.37. The standard InChI is InChI=1S/C11H18O6/c1-10(2)16-7-5-11(14,9(13)15-3)4-6(12)8(7)17-10/h6-8,12,14H,4-5H2,1-3H3/t6-,7-,8+,11-/m1/s1. The highest BCUT2D eigenvalue weighted by atomic mass is 16.8. The summed E-state index contributed by atoms with van der Waals surface area (Å²) < 4.78 is 15.6. The van der Waals surface area contributed by atoms with Crippen LogP contribution in [0.5, 0.6) is 0 Å². The van der Waals surface area contributed by atoms with Crippen molar-refractivity contribution >= 4 is 5.97 Å². The van der Waals surface area contributed by atoms with Crippen LogP contribution in [0.4, 0.5) is 0 Å². The monoisotopic (exact) mass is 246 g/mol. The first-order valence-corrected chi connectivity index (χ1v) is 5.62. The van der Waals surface area contributed by atoms with Gasteiger partial charge in [-0.1, -0.05) is 0 Å². The van der Waals surface area contributed by atoms with E-state index in [0.717, 1.165) is 0 Å². The van der Waals surface area contributed by atoms with E-state index >= 15 is 0 Å². The molecular formula is C11H18O6. The van der Waals surface area contributed by atoms with E-state index < -0.39 is 35.7 Å². The van der Waals surface area contributed by atoms with Crippen LogP contribution in [0, 0.1) is 0 Å². The van der Waals surface area contributed by atoms with Crippen molar-refractivity contribution in [2.45, 2.75) is 56.4 Å². The lowest BCUT2D eigenvalue weighted by atomic mass is 9.80. The molecule has 1 aliphatic carbocycles.